The molecule has 1 atom stereocenters. The predicted octanol–water partition coefficient (Wildman–Crippen LogP) is 1.17. The van der Waals surface area contributed by atoms with Crippen molar-refractivity contribution in [2.24, 2.45) is 0 Å². The van der Waals surface area contributed by atoms with Gasteiger partial charge in [-0.05, 0) is 19.1 Å². The Bertz CT molecular complexity index is 284. The number of rotatable bonds is 3. The molecule has 4 heteroatoms. The first-order chi connectivity index (χ1) is 7.26. The van der Waals surface area contributed by atoms with Gasteiger partial charge in [-0.3, -0.25) is 0 Å². The third kappa shape index (κ3) is 5.24. The first kappa shape index (κ1) is 11.8. The SMILES string of the molecule is CCO.Oc1cccc(OCC2CO2)c1. The monoisotopic (exact) mass is 212 g/mol. The molecule has 1 unspecified atom stereocenters. The van der Waals surface area contributed by atoms with Crippen molar-refractivity contribution < 1.29 is 19.7 Å². The number of hydrogen-bond acceptors (Lipinski definition) is 4. The van der Waals surface area contributed by atoms with E-state index in [0.717, 1.165) is 6.61 Å². The number of ether oxygens (including phenoxy) is 2. The van der Waals surface area contributed by atoms with Crippen LogP contribution in [0.2, 0.25) is 0 Å². The lowest BCUT2D eigenvalue weighted by molar-refractivity contribution is 0.262. The van der Waals surface area contributed by atoms with E-state index in [0.29, 0.717) is 12.4 Å². The van der Waals surface area contributed by atoms with Crippen LogP contribution in [0.3, 0.4) is 0 Å². The third-order valence-corrected chi connectivity index (χ3v) is 1.66. The lowest BCUT2D eigenvalue weighted by atomic mass is 10.3. The fraction of sp³-hybridized carbons (Fsp3) is 0.455. The molecule has 4 nitrogen and oxygen atoms in total. The van der Waals surface area contributed by atoms with Gasteiger partial charge in [0, 0.05) is 12.7 Å². The summed E-state index contributed by atoms with van der Waals surface area (Å²) < 4.78 is 10.3. The molecular weight excluding hydrogens is 196 g/mol. The van der Waals surface area contributed by atoms with Crippen LogP contribution in [0.25, 0.3) is 0 Å². The highest BCUT2D eigenvalue weighted by atomic mass is 16.6. The average Bonchev–Trinajstić information content (AvgIpc) is 2.99. The van der Waals surface area contributed by atoms with E-state index in [1.54, 1.807) is 25.1 Å². The lowest BCUT2D eigenvalue weighted by Gasteiger charge is -2.03. The van der Waals surface area contributed by atoms with Crippen molar-refractivity contribution in [3.05, 3.63) is 24.3 Å². The molecule has 2 N–H and O–H groups in total. The van der Waals surface area contributed by atoms with Crippen molar-refractivity contribution in [2.75, 3.05) is 19.8 Å². The van der Waals surface area contributed by atoms with Gasteiger partial charge >= 0.3 is 0 Å². The van der Waals surface area contributed by atoms with Gasteiger partial charge in [0.15, 0.2) is 0 Å². The standard InChI is InChI=1S/C9H10O3.C2H6O/c10-7-2-1-3-8(4-7)11-5-9-6-12-9;1-2-3/h1-4,9-10H,5-6H2;3H,2H2,1H3. The smallest absolute Gasteiger partial charge is 0.123 e. The number of aromatic hydroxyl groups is 1. The van der Waals surface area contributed by atoms with Gasteiger partial charge < -0.3 is 19.7 Å². The molecule has 0 saturated carbocycles. The Hall–Kier alpha value is -1.26. The molecule has 1 aromatic rings. The van der Waals surface area contributed by atoms with Crippen LogP contribution >= 0.6 is 0 Å². The summed E-state index contributed by atoms with van der Waals surface area (Å²) in [6, 6.07) is 6.75. The second-order valence-electron chi connectivity index (χ2n) is 3.08. The van der Waals surface area contributed by atoms with Gasteiger partial charge in [0.25, 0.3) is 0 Å². The van der Waals surface area contributed by atoms with Crippen LogP contribution in [-0.4, -0.2) is 36.1 Å². The second-order valence-corrected chi connectivity index (χ2v) is 3.08. The number of aliphatic hydroxyl groups is 1. The molecule has 1 saturated heterocycles. The minimum atomic E-state index is 0.226. The highest BCUT2D eigenvalue weighted by Crippen LogP contribution is 2.19. The molecule has 0 aromatic heterocycles. The molecule has 0 aliphatic carbocycles. The van der Waals surface area contributed by atoms with Crippen molar-refractivity contribution in [3.8, 4) is 11.5 Å². The van der Waals surface area contributed by atoms with Gasteiger partial charge in [0.2, 0.25) is 0 Å². The lowest BCUT2D eigenvalue weighted by Crippen LogP contribution is -2.03. The predicted molar refractivity (Wildman–Crippen MR) is 56.1 cm³/mol. The summed E-state index contributed by atoms with van der Waals surface area (Å²) in [5.74, 6) is 0.912. The summed E-state index contributed by atoms with van der Waals surface area (Å²) in [7, 11) is 0. The molecule has 2 rings (SSSR count). The van der Waals surface area contributed by atoms with E-state index in [1.807, 2.05) is 6.07 Å². The van der Waals surface area contributed by atoms with Crippen LogP contribution in [0.15, 0.2) is 24.3 Å². The summed E-state index contributed by atoms with van der Waals surface area (Å²) in [4.78, 5) is 0. The van der Waals surface area contributed by atoms with Crippen LogP contribution in [0.4, 0.5) is 0 Å². The third-order valence-electron chi connectivity index (χ3n) is 1.66. The van der Waals surface area contributed by atoms with Crippen LogP contribution < -0.4 is 4.74 Å². The van der Waals surface area contributed by atoms with Gasteiger partial charge in [-0.2, -0.15) is 0 Å². The van der Waals surface area contributed by atoms with E-state index >= 15 is 0 Å². The number of aliphatic hydroxyl groups excluding tert-OH is 1. The maximum atomic E-state index is 9.08. The van der Waals surface area contributed by atoms with Crippen molar-refractivity contribution in [1.82, 2.24) is 0 Å². The van der Waals surface area contributed by atoms with E-state index in [-0.39, 0.29) is 18.5 Å². The summed E-state index contributed by atoms with van der Waals surface area (Å²) in [6.07, 6.45) is 0.257. The van der Waals surface area contributed by atoms with Crippen molar-refractivity contribution in [3.63, 3.8) is 0 Å². The topological polar surface area (TPSA) is 62.2 Å². The van der Waals surface area contributed by atoms with E-state index in [1.165, 1.54) is 0 Å². The minimum Gasteiger partial charge on any atom is -0.508 e. The summed E-state index contributed by atoms with van der Waals surface area (Å²) in [5.41, 5.74) is 0. The first-order valence-electron chi connectivity index (χ1n) is 4.90. The first-order valence-corrected chi connectivity index (χ1v) is 4.90. The zero-order valence-corrected chi connectivity index (χ0v) is 8.72. The zero-order chi connectivity index (χ0) is 11.1. The number of benzene rings is 1. The van der Waals surface area contributed by atoms with Gasteiger partial charge in [-0.1, -0.05) is 6.07 Å². The van der Waals surface area contributed by atoms with Crippen LogP contribution in [0.1, 0.15) is 6.92 Å². The quantitative estimate of drug-likeness (QED) is 0.738. The number of hydrogen-bond donors (Lipinski definition) is 2. The molecule has 1 aliphatic rings. The molecule has 84 valence electrons. The summed E-state index contributed by atoms with van der Waals surface area (Å²) in [6.45, 7) is 3.29. The van der Waals surface area contributed by atoms with Gasteiger partial charge in [0.1, 0.15) is 24.2 Å². The van der Waals surface area contributed by atoms with Crippen molar-refractivity contribution >= 4 is 0 Å². The molecule has 1 fully saturated rings. The Kier molecular flexibility index (Phi) is 4.93. The van der Waals surface area contributed by atoms with Crippen LogP contribution in [-0.2, 0) is 4.74 Å². The van der Waals surface area contributed by atoms with Crippen LogP contribution in [0.5, 0.6) is 11.5 Å². The largest absolute Gasteiger partial charge is 0.508 e. The van der Waals surface area contributed by atoms with E-state index in [9.17, 15) is 0 Å². The Morgan fingerprint density at radius 2 is 2.20 bits per heavy atom. The van der Waals surface area contributed by atoms with E-state index in [4.69, 9.17) is 19.7 Å². The number of phenolic OH excluding ortho intramolecular Hbond substituents is 1. The summed E-state index contributed by atoms with van der Waals surface area (Å²) >= 11 is 0. The highest BCUT2D eigenvalue weighted by molar-refractivity contribution is 5.31. The Morgan fingerprint density at radius 1 is 1.53 bits per heavy atom. The minimum absolute atomic E-state index is 0.226. The van der Waals surface area contributed by atoms with Crippen molar-refractivity contribution in [1.29, 1.82) is 0 Å². The molecule has 15 heavy (non-hydrogen) atoms. The van der Waals surface area contributed by atoms with Gasteiger partial charge in [-0.15, -0.1) is 0 Å². The Balaban J connectivity index is 0.000000337. The Morgan fingerprint density at radius 3 is 2.73 bits per heavy atom. The highest BCUT2D eigenvalue weighted by Gasteiger charge is 2.22. The van der Waals surface area contributed by atoms with E-state index < -0.39 is 0 Å². The number of epoxide rings is 1. The molecule has 1 heterocycles. The molecule has 1 aliphatic heterocycles. The molecular formula is C11H16O4. The second kappa shape index (κ2) is 6.27. The van der Waals surface area contributed by atoms with Gasteiger partial charge in [0.05, 0.1) is 6.61 Å². The van der Waals surface area contributed by atoms with Gasteiger partial charge in [-0.25, -0.2) is 0 Å². The molecule has 0 amide bonds. The summed E-state index contributed by atoms with van der Waals surface area (Å²) in [5, 5.41) is 16.7. The normalized spacial score (nSPS) is 17.6. The molecule has 0 spiro atoms. The van der Waals surface area contributed by atoms with Crippen molar-refractivity contribution in [2.45, 2.75) is 13.0 Å². The fourth-order valence-electron chi connectivity index (χ4n) is 0.927. The van der Waals surface area contributed by atoms with Crippen LogP contribution in [0, 0.1) is 0 Å². The average molecular weight is 212 g/mol. The van der Waals surface area contributed by atoms with E-state index in [2.05, 4.69) is 0 Å². The fourth-order valence-corrected chi connectivity index (χ4v) is 0.927. The molecule has 0 radical (unpaired) electrons. The molecule has 0 bridgehead atoms. The maximum absolute atomic E-state index is 9.08. The maximum Gasteiger partial charge on any atom is 0.123 e. The molecule has 1 aromatic carbocycles. The Labute approximate surface area is 89.1 Å². The zero-order valence-electron chi connectivity index (χ0n) is 8.72. The number of phenols is 1.